The number of carbonyl (C=O) groups is 1. The summed E-state index contributed by atoms with van der Waals surface area (Å²) >= 11 is 0. The van der Waals surface area contributed by atoms with E-state index in [0.717, 1.165) is 37.1 Å². The van der Waals surface area contributed by atoms with Gasteiger partial charge in [0.15, 0.2) is 5.69 Å². The molecule has 1 heterocycles. The summed E-state index contributed by atoms with van der Waals surface area (Å²) in [6.07, 6.45) is 4.14. The molecule has 27 heavy (non-hydrogen) atoms. The molecule has 2 aromatic rings. The second-order valence-corrected chi connectivity index (χ2v) is 7.24. The highest BCUT2D eigenvalue weighted by Crippen LogP contribution is 2.29. The zero-order chi connectivity index (χ0) is 18.7. The van der Waals surface area contributed by atoms with Crippen molar-refractivity contribution in [3.63, 3.8) is 0 Å². The molecule has 1 amide bonds. The van der Waals surface area contributed by atoms with E-state index in [9.17, 15) is 4.79 Å². The normalized spacial score (nSPS) is 15.4. The van der Waals surface area contributed by atoms with Gasteiger partial charge in [0, 0.05) is 6.54 Å². The van der Waals surface area contributed by atoms with E-state index in [1.54, 1.807) is 4.68 Å². The lowest BCUT2D eigenvalue weighted by atomic mass is 9.97. The topological polar surface area (TPSA) is 95.1 Å². The lowest BCUT2D eigenvalue weighted by Gasteiger charge is -2.28. The number of benzene rings is 1. The van der Waals surface area contributed by atoms with E-state index in [2.05, 4.69) is 15.6 Å². The quantitative estimate of drug-likeness (QED) is 0.786. The number of amides is 1. The molecule has 3 N–H and O–H groups in total. The lowest BCUT2D eigenvalue weighted by Crippen LogP contribution is -2.51. The molecule has 0 unspecified atom stereocenters. The van der Waals surface area contributed by atoms with E-state index in [1.165, 1.54) is 0 Å². The van der Waals surface area contributed by atoms with E-state index in [1.807, 2.05) is 45.0 Å². The van der Waals surface area contributed by atoms with Crippen LogP contribution in [0.4, 0.5) is 0 Å². The molecule has 0 atom stereocenters. The van der Waals surface area contributed by atoms with Crippen LogP contribution < -0.4 is 15.8 Å². The van der Waals surface area contributed by atoms with Gasteiger partial charge < -0.3 is 15.8 Å². The Balaban J connectivity index is 0.00000261. The summed E-state index contributed by atoms with van der Waals surface area (Å²) in [5.74, 6) is 0.589. The Hall–Kier alpha value is -2.12. The van der Waals surface area contributed by atoms with Crippen LogP contribution in [0.25, 0.3) is 5.69 Å². The van der Waals surface area contributed by atoms with Crippen LogP contribution >= 0.6 is 12.4 Å². The van der Waals surface area contributed by atoms with E-state index >= 15 is 0 Å². The van der Waals surface area contributed by atoms with Gasteiger partial charge in [-0.2, -0.15) is 0 Å². The third kappa shape index (κ3) is 4.59. The first-order valence-electron chi connectivity index (χ1n) is 9.16. The van der Waals surface area contributed by atoms with Gasteiger partial charge in [0.2, 0.25) is 0 Å². The number of carbonyl (C=O) groups excluding carboxylic acids is 1. The Bertz CT molecular complexity index is 767. The highest BCUT2D eigenvalue weighted by molar-refractivity contribution is 5.93. The number of ether oxygens (including phenoxy) is 1. The number of nitrogens with two attached hydrogens (primary N) is 1. The summed E-state index contributed by atoms with van der Waals surface area (Å²) < 4.78 is 7.32. The molecular weight excluding hydrogens is 366 g/mol. The van der Waals surface area contributed by atoms with E-state index in [0.29, 0.717) is 17.9 Å². The van der Waals surface area contributed by atoms with Crippen LogP contribution in [-0.2, 0) is 0 Å². The molecule has 0 saturated heterocycles. The average Bonchev–Trinajstić information content (AvgIpc) is 3.22. The number of rotatable bonds is 6. The molecular formula is C19H28ClN5O2. The van der Waals surface area contributed by atoms with Gasteiger partial charge in [-0.05, 0) is 57.9 Å². The molecule has 1 saturated carbocycles. The highest BCUT2D eigenvalue weighted by atomic mass is 35.5. The Morgan fingerprint density at radius 1 is 1.30 bits per heavy atom. The average molecular weight is 394 g/mol. The molecule has 1 aliphatic rings. The van der Waals surface area contributed by atoms with Crippen molar-refractivity contribution in [2.45, 2.75) is 58.1 Å². The van der Waals surface area contributed by atoms with E-state index < -0.39 is 0 Å². The van der Waals surface area contributed by atoms with Gasteiger partial charge >= 0.3 is 0 Å². The summed E-state index contributed by atoms with van der Waals surface area (Å²) in [5, 5.41) is 11.3. The second-order valence-electron chi connectivity index (χ2n) is 7.24. The van der Waals surface area contributed by atoms with Crippen molar-refractivity contribution in [2.24, 2.45) is 5.73 Å². The fraction of sp³-hybridized carbons (Fsp3) is 0.526. The van der Waals surface area contributed by atoms with Crippen LogP contribution in [0.15, 0.2) is 24.3 Å². The fourth-order valence-corrected chi connectivity index (χ4v) is 3.45. The molecule has 1 fully saturated rings. The molecule has 148 valence electrons. The van der Waals surface area contributed by atoms with Crippen molar-refractivity contribution in [1.29, 1.82) is 0 Å². The second kappa shape index (κ2) is 8.71. The molecule has 8 heteroatoms. The highest BCUT2D eigenvalue weighted by Gasteiger charge is 2.35. The molecule has 0 bridgehead atoms. The van der Waals surface area contributed by atoms with Gasteiger partial charge in [0.05, 0.1) is 23.0 Å². The summed E-state index contributed by atoms with van der Waals surface area (Å²) in [6.45, 7) is 6.26. The van der Waals surface area contributed by atoms with Gasteiger partial charge in [-0.1, -0.05) is 18.1 Å². The number of hydrogen-bond donors (Lipinski definition) is 2. The molecule has 0 spiro atoms. The van der Waals surface area contributed by atoms with Crippen LogP contribution in [-0.4, -0.2) is 39.1 Å². The van der Waals surface area contributed by atoms with Crippen molar-refractivity contribution in [3.8, 4) is 11.4 Å². The third-order valence-electron chi connectivity index (χ3n) is 4.89. The summed E-state index contributed by atoms with van der Waals surface area (Å²) in [4.78, 5) is 12.7. The van der Waals surface area contributed by atoms with Gasteiger partial charge in [-0.15, -0.1) is 17.5 Å². The molecule has 1 aromatic carbocycles. The molecule has 0 aliphatic heterocycles. The number of halogens is 1. The Kier molecular flexibility index (Phi) is 6.84. The molecule has 0 radical (unpaired) electrons. The molecule has 1 aliphatic carbocycles. The van der Waals surface area contributed by atoms with Crippen LogP contribution in [0.2, 0.25) is 0 Å². The zero-order valence-corrected chi connectivity index (χ0v) is 16.9. The minimum absolute atomic E-state index is 0. The van der Waals surface area contributed by atoms with Crippen molar-refractivity contribution >= 4 is 18.3 Å². The SMILES string of the molecule is Cc1c(C(=O)NC2(CN)CCCC2)nnn1-c1ccc(OC(C)C)cc1.Cl. The Labute approximate surface area is 166 Å². The van der Waals surface area contributed by atoms with E-state index in [4.69, 9.17) is 10.5 Å². The first-order valence-corrected chi connectivity index (χ1v) is 9.16. The monoisotopic (exact) mass is 393 g/mol. The Morgan fingerprint density at radius 2 is 1.93 bits per heavy atom. The maximum absolute atomic E-state index is 12.7. The van der Waals surface area contributed by atoms with Crippen LogP contribution in [0.1, 0.15) is 55.7 Å². The predicted octanol–water partition coefficient (Wildman–Crippen LogP) is 2.79. The molecule has 3 rings (SSSR count). The molecule has 1 aromatic heterocycles. The van der Waals surface area contributed by atoms with Crippen molar-refractivity contribution < 1.29 is 9.53 Å². The van der Waals surface area contributed by atoms with Crippen LogP contribution in [0.5, 0.6) is 5.75 Å². The Morgan fingerprint density at radius 3 is 2.48 bits per heavy atom. The number of aromatic nitrogens is 3. The number of nitrogens with zero attached hydrogens (tertiary/aromatic N) is 3. The van der Waals surface area contributed by atoms with Crippen molar-refractivity contribution in [1.82, 2.24) is 20.3 Å². The largest absolute Gasteiger partial charge is 0.491 e. The van der Waals surface area contributed by atoms with Gasteiger partial charge in [-0.3, -0.25) is 4.79 Å². The summed E-state index contributed by atoms with van der Waals surface area (Å²) in [7, 11) is 0. The number of hydrogen-bond acceptors (Lipinski definition) is 5. The van der Waals surface area contributed by atoms with Gasteiger partial charge in [0.25, 0.3) is 5.91 Å². The predicted molar refractivity (Wildman–Crippen MR) is 107 cm³/mol. The minimum atomic E-state index is -0.302. The maximum atomic E-state index is 12.7. The first-order chi connectivity index (χ1) is 12.4. The van der Waals surface area contributed by atoms with Gasteiger partial charge in [0.1, 0.15) is 5.75 Å². The van der Waals surface area contributed by atoms with E-state index in [-0.39, 0.29) is 30.0 Å². The smallest absolute Gasteiger partial charge is 0.274 e. The number of nitrogens with one attached hydrogen (secondary N) is 1. The third-order valence-corrected chi connectivity index (χ3v) is 4.89. The fourth-order valence-electron chi connectivity index (χ4n) is 3.45. The zero-order valence-electron chi connectivity index (χ0n) is 16.1. The van der Waals surface area contributed by atoms with Gasteiger partial charge in [-0.25, -0.2) is 4.68 Å². The molecule has 7 nitrogen and oxygen atoms in total. The maximum Gasteiger partial charge on any atom is 0.274 e. The van der Waals surface area contributed by atoms with Crippen LogP contribution in [0.3, 0.4) is 0 Å². The van der Waals surface area contributed by atoms with Crippen molar-refractivity contribution in [3.05, 3.63) is 35.7 Å². The van der Waals surface area contributed by atoms with Crippen LogP contribution in [0, 0.1) is 6.92 Å². The van der Waals surface area contributed by atoms with Crippen molar-refractivity contribution in [2.75, 3.05) is 6.54 Å². The standard InChI is InChI=1S/C19H27N5O2.ClH/c1-13(2)26-16-8-6-15(7-9-16)24-14(3)17(22-23-24)18(25)21-19(12-20)10-4-5-11-19;/h6-9,13H,4-5,10-12,20H2,1-3H3,(H,21,25);1H. The minimum Gasteiger partial charge on any atom is -0.491 e. The lowest BCUT2D eigenvalue weighted by molar-refractivity contribution is 0.0897. The summed E-state index contributed by atoms with van der Waals surface area (Å²) in [5.41, 5.74) is 7.48. The summed E-state index contributed by atoms with van der Waals surface area (Å²) in [6, 6.07) is 7.58. The first kappa shape index (κ1) is 21.2.